The van der Waals surface area contributed by atoms with Crippen LogP contribution >= 0.6 is 11.3 Å². The second kappa shape index (κ2) is 5.04. The predicted octanol–water partition coefficient (Wildman–Crippen LogP) is 2.46. The Morgan fingerprint density at radius 1 is 1.24 bits per heavy atom. The molecule has 21 heavy (non-hydrogen) atoms. The number of nitrogens with zero attached hydrogens (tertiary/aromatic N) is 2. The van der Waals surface area contributed by atoms with Crippen molar-refractivity contribution in [3.63, 3.8) is 0 Å². The van der Waals surface area contributed by atoms with Crippen LogP contribution in [0.4, 0.5) is 0 Å². The van der Waals surface area contributed by atoms with Crippen molar-refractivity contribution < 1.29 is 9.47 Å². The Hall–Kier alpha value is -2.08. The van der Waals surface area contributed by atoms with Crippen molar-refractivity contribution in [2.24, 2.45) is 10.7 Å². The van der Waals surface area contributed by atoms with Gasteiger partial charge in [-0.3, -0.25) is 0 Å². The highest BCUT2D eigenvalue weighted by Gasteiger charge is 2.41. The Kier molecular flexibility index (Phi) is 3.33. The molecule has 0 saturated heterocycles. The number of hydrogen-bond donors (Lipinski definition) is 1. The molecule has 6 heteroatoms. The summed E-state index contributed by atoms with van der Waals surface area (Å²) in [6, 6.07) is 6.39. The van der Waals surface area contributed by atoms with Gasteiger partial charge in [0.25, 0.3) is 6.02 Å². The molecule has 0 fully saturated rings. The first-order valence-corrected chi connectivity index (χ1v) is 7.31. The minimum Gasteiger partial charge on any atom is -0.490 e. The van der Waals surface area contributed by atoms with Gasteiger partial charge >= 0.3 is 0 Å². The summed E-state index contributed by atoms with van der Waals surface area (Å²) in [5.74, 6) is 0.907. The van der Waals surface area contributed by atoms with Crippen molar-refractivity contribution in [1.29, 1.82) is 0 Å². The van der Waals surface area contributed by atoms with Crippen LogP contribution in [0, 0.1) is 0 Å². The third-order valence-corrected chi connectivity index (χ3v) is 4.23. The van der Waals surface area contributed by atoms with E-state index in [1.165, 1.54) is 0 Å². The fraction of sp³-hybridized carbons (Fsp3) is 0.333. The first-order chi connectivity index (χ1) is 9.76. The highest BCUT2D eigenvalue weighted by Crippen LogP contribution is 2.40. The van der Waals surface area contributed by atoms with E-state index in [4.69, 9.17) is 15.2 Å². The zero-order chi connectivity index (χ0) is 13.6. The maximum atomic E-state index is 5.99. The molecule has 2 aromatic rings. The molecule has 1 spiro atoms. The summed E-state index contributed by atoms with van der Waals surface area (Å²) in [6.07, 6.45) is 0.779. The Morgan fingerprint density at radius 2 is 2.10 bits per heavy atom. The van der Waals surface area contributed by atoms with Crippen LogP contribution in [0.15, 0.2) is 34.1 Å². The molecular formula is C15H17N3O2S. The molecule has 1 aromatic heterocycles. The van der Waals surface area contributed by atoms with Crippen LogP contribution in [0.25, 0.3) is 11.3 Å². The minimum absolute atomic E-state index is 0. The van der Waals surface area contributed by atoms with E-state index in [2.05, 4.69) is 16.0 Å². The highest BCUT2D eigenvalue weighted by molar-refractivity contribution is 7.07. The van der Waals surface area contributed by atoms with E-state index in [-0.39, 0.29) is 19.0 Å². The zero-order valence-electron chi connectivity index (χ0n) is 10.7. The Morgan fingerprint density at radius 3 is 2.81 bits per heavy atom. The quantitative estimate of drug-likeness (QED) is 0.878. The molecule has 0 bridgehead atoms. The summed E-state index contributed by atoms with van der Waals surface area (Å²) < 4.78 is 11.3. The van der Waals surface area contributed by atoms with Crippen LogP contribution in [-0.2, 0) is 11.2 Å². The van der Waals surface area contributed by atoms with E-state index in [9.17, 15) is 0 Å². The molecule has 0 saturated carbocycles. The van der Waals surface area contributed by atoms with Gasteiger partial charge in [-0.15, -0.1) is 11.3 Å². The first-order valence-electron chi connectivity index (χ1n) is 6.37. The molecule has 0 amide bonds. The smallest absolute Gasteiger partial charge is 0.282 e. The maximum Gasteiger partial charge on any atom is 0.282 e. The van der Waals surface area contributed by atoms with Crippen LogP contribution in [0.3, 0.4) is 0 Å². The third kappa shape index (κ3) is 2.25. The molecule has 2 aliphatic rings. The lowest BCUT2D eigenvalue weighted by atomic mass is 9.89. The molecule has 1 unspecified atom stereocenters. The lowest BCUT2D eigenvalue weighted by Crippen LogP contribution is -2.41. The number of para-hydroxylation sites is 1. The summed E-state index contributed by atoms with van der Waals surface area (Å²) in [5.41, 5.74) is 10.2. The summed E-state index contributed by atoms with van der Waals surface area (Å²) in [4.78, 5) is 8.77. The molecule has 1 aromatic carbocycles. The monoisotopic (exact) mass is 303 g/mol. The van der Waals surface area contributed by atoms with E-state index in [1.54, 1.807) is 11.3 Å². The van der Waals surface area contributed by atoms with Crippen LogP contribution in [-0.4, -0.2) is 29.8 Å². The van der Waals surface area contributed by atoms with Gasteiger partial charge in [-0.2, -0.15) is 0 Å². The fourth-order valence-electron chi connectivity index (χ4n) is 2.72. The fourth-order valence-corrected chi connectivity index (χ4v) is 3.28. The number of fused-ring (bicyclic) bond motifs is 1. The molecule has 0 radical (unpaired) electrons. The van der Waals surface area contributed by atoms with Gasteiger partial charge in [0.1, 0.15) is 24.5 Å². The van der Waals surface area contributed by atoms with E-state index in [1.807, 2.05) is 23.0 Å². The SMILES string of the molecule is C.NC1=NC2(CO1)COc1c(cccc1-c1cscn1)C2. The van der Waals surface area contributed by atoms with Gasteiger partial charge in [-0.05, 0) is 11.6 Å². The van der Waals surface area contributed by atoms with Crippen molar-refractivity contribution >= 4 is 17.4 Å². The van der Waals surface area contributed by atoms with Crippen molar-refractivity contribution in [2.75, 3.05) is 13.2 Å². The summed E-state index contributed by atoms with van der Waals surface area (Å²) in [6.45, 7) is 0.973. The second-order valence-corrected chi connectivity index (χ2v) is 5.81. The standard InChI is InChI=1S/C14H13N3O2S.CH4/c15-13-17-14(7-19-13)4-9-2-1-3-10(12(9)18-6-14)11-5-20-8-16-11;/h1-3,5,8H,4,6-7H2,(H2,15,17);1H4. The molecule has 1 atom stereocenters. The van der Waals surface area contributed by atoms with Gasteiger partial charge in [0, 0.05) is 17.4 Å². The second-order valence-electron chi connectivity index (χ2n) is 5.10. The Balaban J connectivity index is 0.00000132. The van der Waals surface area contributed by atoms with E-state index in [0.717, 1.165) is 29.0 Å². The van der Waals surface area contributed by atoms with Gasteiger partial charge in [-0.25, -0.2) is 9.98 Å². The Labute approximate surface area is 127 Å². The van der Waals surface area contributed by atoms with Crippen molar-refractivity contribution in [3.05, 3.63) is 34.7 Å². The average molecular weight is 303 g/mol. The predicted molar refractivity (Wildman–Crippen MR) is 83.8 cm³/mol. The van der Waals surface area contributed by atoms with Crippen LogP contribution < -0.4 is 10.5 Å². The molecule has 5 nitrogen and oxygen atoms in total. The lowest BCUT2D eigenvalue weighted by molar-refractivity contribution is 0.153. The van der Waals surface area contributed by atoms with Crippen LogP contribution in [0.1, 0.15) is 13.0 Å². The third-order valence-electron chi connectivity index (χ3n) is 3.65. The number of rotatable bonds is 1. The van der Waals surface area contributed by atoms with E-state index < -0.39 is 0 Å². The summed E-state index contributed by atoms with van der Waals surface area (Å²) >= 11 is 1.58. The van der Waals surface area contributed by atoms with Crippen molar-refractivity contribution in [1.82, 2.24) is 4.98 Å². The molecular weight excluding hydrogens is 286 g/mol. The molecule has 110 valence electrons. The number of aliphatic imine (C=N–C) groups is 1. The summed E-state index contributed by atoms with van der Waals surface area (Å²) in [5, 5.41) is 2.03. The number of ether oxygens (including phenoxy) is 2. The number of thiazole rings is 1. The first kappa shape index (κ1) is 13.9. The molecule has 2 N–H and O–H groups in total. The normalized spacial score (nSPS) is 22.8. The molecule has 0 aliphatic carbocycles. The Bertz CT molecular complexity index is 684. The van der Waals surface area contributed by atoms with Crippen molar-refractivity contribution in [3.8, 4) is 17.0 Å². The van der Waals surface area contributed by atoms with Gasteiger partial charge in [0.2, 0.25) is 0 Å². The van der Waals surface area contributed by atoms with Gasteiger partial charge in [-0.1, -0.05) is 19.6 Å². The number of nitrogens with two attached hydrogens (primary N) is 1. The molecule has 2 aliphatic heterocycles. The van der Waals surface area contributed by atoms with E-state index >= 15 is 0 Å². The average Bonchev–Trinajstić information content (AvgIpc) is 3.09. The summed E-state index contributed by atoms with van der Waals surface area (Å²) in [7, 11) is 0. The van der Waals surface area contributed by atoms with Gasteiger partial charge in [0.05, 0.1) is 11.2 Å². The molecule has 3 heterocycles. The largest absolute Gasteiger partial charge is 0.490 e. The topological polar surface area (TPSA) is 69.7 Å². The molecule has 4 rings (SSSR count). The highest BCUT2D eigenvalue weighted by atomic mass is 32.1. The number of amidine groups is 1. The van der Waals surface area contributed by atoms with Crippen molar-refractivity contribution in [2.45, 2.75) is 19.4 Å². The number of benzene rings is 1. The minimum atomic E-state index is -0.363. The maximum absolute atomic E-state index is 5.99. The van der Waals surface area contributed by atoms with Crippen LogP contribution in [0.5, 0.6) is 5.75 Å². The van der Waals surface area contributed by atoms with Gasteiger partial charge in [0.15, 0.2) is 0 Å². The van der Waals surface area contributed by atoms with Gasteiger partial charge < -0.3 is 15.2 Å². The van der Waals surface area contributed by atoms with Crippen LogP contribution in [0.2, 0.25) is 0 Å². The van der Waals surface area contributed by atoms with E-state index in [0.29, 0.717) is 13.2 Å². The zero-order valence-corrected chi connectivity index (χ0v) is 11.5. The number of hydrogen-bond acceptors (Lipinski definition) is 6. The number of aromatic nitrogens is 1. The lowest BCUT2D eigenvalue weighted by Gasteiger charge is -2.31.